The fraction of sp³-hybridized carbons (Fsp3) is 0.444. The molecule has 25 heavy (non-hydrogen) atoms. The van der Waals surface area contributed by atoms with Crippen molar-refractivity contribution in [2.24, 2.45) is 4.99 Å². The summed E-state index contributed by atoms with van der Waals surface area (Å²) in [5.74, 6) is 0.781. The van der Waals surface area contributed by atoms with Crippen molar-refractivity contribution in [3.05, 3.63) is 48.5 Å². The summed E-state index contributed by atoms with van der Waals surface area (Å²) in [6.45, 7) is 8.20. The quantitative estimate of drug-likeness (QED) is 0.381. The van der Waals surface area contributed by atoms with E-state index < -0.39 is 0 Å². The van der Waals surface area contributed by atoms with Crippen LogP contribution in [0.2, 0.25) is 0 Å². The maximum atomic E-state index is 5.44. The Labute approximate surface area is 167 Å². The Kier molecular flexibility index (Phi) is 8.91. The number of rotatable bonds is 7. The standard InChI is InChI=1S/C18H27N5O.HI/c1-5-20-17(22-13-18(2,3)24-4)21-12-15-8-6-7-9-16(15)23-11-10-19-14-23;/h6-11,14H,5,12-13H2,1-4H3,(H2,20,21,22);1H. The molecule has 0 aliphatic heterocycles. The van der Waals surface area contributed by atoms with E-state index in [2.05, 4.69) is 34.7 Å². The van der Waals surface area contributed by atoms with Crippen LogP contribution in [0.3, 0.4) is 0 Å². The zero-order valence-corrected chi connectivity index (χ0v) is 17.7. The summed E-state index contributed by atoms with van der Waals surface area (Å²) in [5, 5.41) is 6.60. The predicted octanol–water partition coefficient (Wildman–Crippen LogP) is 2.97. The van der Waals surface area contributed by atoms with Crippen LogP contribution >= 0.6 is 24.0 Å². The number of hydrogen-bond acceptors (Lipinski definition) is 3. The average Bonchev–Trinajstić information content (AvgIpc) is 3.12. The van der Waals surface area contributed by atoms with Gasteiger partial charge in [-0.1, -0.05) is 18.2 Å². The van der Waals surface area contributed by atoms with Crippen LogP contribution in [0.1, 0.15) is 26.3 Å². The molecule has 1 aromatic carbocycles. The van der Waals surface area contributed by atoms with E-state index in [1.54, 1.807) is 19.6 Å². The molecule has 1 aromatic heterocycles. The molecule has 0 aliphatic rings. The van der Waals surface area contributed by atoms with Crippen molar-refractivity contribution in [1.82, 2.24) is 20.2 Å². The highest BCUT2D eigenvalue weighted by Crippen LogP contribution is 2.15. The molecule has 0 unspecified atom stereocenters. The van der Waals surface area contributed by atoms with Crippen LogP contribution in [0.4, 0.5) is 0 Å². The van der Waals surface area contributed by atoms with Crippen LogP contribution in [0.15, 0.2) is 48.0 Å². The Bertz CT molecular complexity index is 655. The lowest BCUT2D eigenvalue weighted by Gasteiger charge is -2.24. The van der Waals surface area contributed by atoms with Gasteiger partial charge in [0.25, 0.3) is 0 Å². The van der Waals surface area contributed by atoms with Crippen LogP contribution in [-0.2, 0) is 11.3 Å². The van der Waals surface area contributed by atoms with Gasteiger partial charge < -0.3 is 19.9 Å². The van der Waals surface area contributed by atoms with Gasteiger partial charge in [0.1, 0.15) is 0 Å². The third kappa shape index (κ3) is 6.66. The molecule has 138 valence electrons. The third-order valence-electron chi connectivity index (χ3n) is 3.76. The summed E-state index contributed by atoms with van der Waals surface area (Å²) in [7, 11) is 1.72. The molecule has 7 heteroatoms. The first kappa shape index (κ1) is 21.4. The van der Waals surface area contributed by atoms with Crippen LogP contribution in [0.5, 0.6) is 0 Å². The molecule has 0 amide bonds. The second kappa shape index (κ2) is 10.4. The van der Waals surface area contributed by atoms with E-state index in [4.69, 9.17) is 9.73 Å². The molecular weight excluding hydrogens is 429 g/mol. The number of aromatic nitrogens is 2. The van der Waals surface area contributed by atoms with E-state index >= 15 is 0 Å². The number of ether oxygens (including phenoxy) is 1. The van der Waals surface area contributed by atoms with Crippen molar-refractivity contribution >= 4 is 29.9 Å². The number of guanidine groups is 1. The second-order valence-corrected chi connectivity index (χ2v) is 6.11. The highest BCUT2D eigenvalue weighted by molar-refractivity contribution is 14.0. The summed E-state index contributed by atoms with van der Waals surface area (Å²) in [6.07, 6.45) is 5.51. The number of hydrogen-bond donors (Lipinski definition) is 2. The molecule has 0 bridgehead atoms. The largest absolute Gasteiger partial charge is 0.377 e. The van der Waals surface area contributed by atoms with Gasteiger partial charge in [0.05, 0.1) is 24.2 Å². The maximum Gasteiger partial charge on any atom is 0.191 e. The van der Waals surface area contributed by atoms with Gasteiger partial charge in [0.2, 0.25) is 0 Å². The Hall–Kier alpha value is -1.61. The third-order valence-corrected chi connectivity index (χ3v) is 3.76. The number of halogens is 1. The monoisotopic (exact) mass is 457 g/mol. The van der Waals surface area contributed by atoms with Crippen molar-refractivity contribution in [2.45, 2.75) is 32.9 Å². The number of nitrogens with zero attached hydrogens (tertiary/aromatic N) is 3. The molecule has 6 nitrogen and oxygen atoms in total. The lowest BCUT2D eigenvalue weighted by molar-refractivity contribution is 0.0268. The van der Waals surface area contributed by atoms with Crippen LogP contribution in [-0.4, -0.2) is 41.3 Å². The summed E-state index contributed by atoms with van der Waals surface area (Å²) < 4.78 is 7.44. The first-order valence-electron chi connectivity index (χ1n) is 8.19. The highest BCUT2D eigenvalue weighted by Gasteiger charge is 2.16. The lowest BCUT2D eigenvalue weighted by atomic mass is 10.1. The topological polar surface area (TPSA) is 63.5 Å². The van der Waals surface area contributed by atoms with Crippen molar-refractivity contribution in [2.75, 3.05) is 20.2 Å². The van der Waals surface area contributed by atoms with E-state index in [9.17, 15) is 0 Å². The van der Waals surface area contributed by atoms with Crippen molar-refractivity contribution < 1.29 is 4.74 Å². The fourth-order valence-electron chi connectivity index (χ4n) is 2.17. The number of methoxy groups -OCH3 is 1. The molecule has 0 saturated carbocycles. The summed E-state index contributed by atoms with van der Waals surface area (Å²) in [6, 6.07) is 8.20. The first-order chi connectivity index (χ1) is 11.6. The smallest absolute Gasteiger partial charge is 0.191 e. The van der Waals surface area contributed by atoms with Gasteiger partial charge in [-0.05, 0) is 32.4 Å². The number of imidazole rings is 1. The molecule has 0 atom stereocenters. The average molecular weight is 457 g/mol. The zero-order valence-electron chi connectivity index (χ0n) is 15.3. The molecule has 0 saturated heterocycles. The summed E-state index contributed by atoms with van der Waals surface area (Å²) in [4.78, 5) is 8.82. The minimum atomic E-state index is -0.245. The summed E-state index contributed by atoms with van der Waals surface area (Å²) >= 11 is 0. The lowest BCUT2D eigenvalue weighted by Crippen LogP contribution is -2.45. The molecule has 0 radical (unpaired) electrons. The minimum absolute atomic E-state index is 0. The van der Waals surface area contributed by atoms with E-state index in [0.717, 1.165) is 23.8 Å². The normalized spacial score (nSPS) is 11.8. The van der Waals surface area contributed by atoms with E-state index in [0.29, 0.717) is 13.1 Å². The van der Waals surface area contributed by atoms with Gasteiger partial charge in [0.15, 0.2) is 5.96 Å². The number of para-hydroxylation sites is 1. The van der Waals surface area contributed by atoms with Crippen LogP contribution in [0.25, 0.3) is 5.69 Å². The SMILES string of the molecule is CCNC(=NCc1ccccc1-n1ccnc1)NCC(C)(C)OC.I. The van der Waals surface area contributed by atoms with Gasteiger partial charge in [-0.3, -0.25) is 0 Å². The fourth-order valence-corrected chi connectivity index (χ4v) is 2.17. The Morgan fingerprint density at radius 3 is 2.68 bits per heavy atom. The molecular formula is C18H28IN5O. The number of benzene rings is 1. The molecule has 0 spiro atoms. The van der Waals surface area contributed by atoms with Crippen molar-refractivity contribution in [1.29, 1.82) is 0 Å². The maximum absolute atomic E-state index is 5.44. The molecule has 2 N–H and O–H groups in total. The van der Waals surface area contributed by atoms with E-state index in [-0.39, 0.29) is 29.6 Å². The van der Waals surface area contributed by atoms with Gasteiger partial charge >= 0.3 is 0 Å². The van der Waals surface area contributed by atoms with Crippen LogP contribution < -0.4 is 10.6 Å². The summed E-state index contributed by atoms with van der Waals surface area (Å²) in [5.41, 5.74) is 1.98. The molecule has 2 rings (SSSR count). The minimum Gasteiger partial charge on any atom is -0.377 e. The van der Waals surface area contributed by atoms with Gasteiger partial charge in [0, 0.05) is 32.6 Å². The van der Waals surface area contributed by atoms with Gasteiger partial charge in [-0.15, -0.1) is 24.0 Å². The van der Waals surface area contributed by atoms with Crippen molar-refractivity contribution in [3.8, 4) is 5.69 Å². The van der Waals surface area contributed by atoms with Gasteiger partial charge in [-0.25, -0.2) is 9.98 Å². The van der Waals surface area contributed by atoms with Gasteiger partial charge in [-0.2, -0.15) is 0 Å². The van der Waals surface area contributed by atoms with Crippen LogP contribution in [0, 0.1) is 0 Å². The molecule has 1 heterocycles. The van der Waals surface area contributed by atoms with Crippen molar-refractivity contribution in [3.63, 3.8) is 0 Å². The van der Waals surface area contributed by atoms with E-state index in [1.807, 2.05) is 36.7 Å². The Morgan fingerprint density at radius 2 is 2.04 bits per heavy atom. The second-order valence-electron chi connectivity index (χ2n) is 6.11. The Balaban J connectivity index is 0.00000312. The molecule has 2 aromatic rings. The van der Waals surface area contributed by atoms with E-state index in [1.165, 1.54) is 0 Å². The zero-order chi connectivity index (χ0) is 17.4. The number of aliphatic imine (C=N–C) groups is 1. The Morgan fingerprint density at radius 1 is 1.28 bits per heavy atom. The highest BCUT2D eigenvalue weighted by atomic mass is 127. The first-order valence-corrected chi connectivity index (χ1v) is 8.19. The molecule has 0 fully saturated rings. The number of nitrogens with one attached hydrogen (secondary N) is 2. The molecule has 0 aliphatic carbocycles. The predicted molar refractivity (Wildman–Crippen MR) is 113 cm³/mol.